The Morgan fingerprint density at radius 1 is 1.24 bits per heavy atom. The summed E-state index contributed by atoms with van der Waals surface area (Å²) >= 11 is 0. The molecule has 1 atom stereocenters. The van der Waals surface area contributed by atoms with Crippen molar-refractivity contribution in [2.45, 2.75) is 5.92 Å². The van der Waals surface area contributed by atoms with Crippen LogP contribution in [-0.4, -0.2) is 19.2 Å². The lowest BCUT2D eigenvalue weighted by molar-refractivity contribution is 0.503. The van der Waals surface area contributed by atoms with Gasteiger partial charge in [-0.25, -0.2) is 4.98 Å². The predicted molar refractivity (Wildman–Crippen MR) is 97.5 cm³/mol. The minimum atomic E-state index is -0.516. The summed E-state index contributed by atoms with van der Waals surface area (Å²) in [5, 5.41) is 20.6. The lowest BCUT2D eigenvalue weighted by Crippen LogP contribution is -2.14. The minimum absolute atomic E-state index is 0.0482. The summed E-state index contributed by atoms with van der Waals surface area (Å²) in [5.74, 6) is 0.104. The van der Waals surface area contributed by atoms with Crippen molar-refractivity contribution < 1.29 is 5.11 Å². The molecule has 0 fully saturated rings. The van der Waals surface area contributed by atoms with Crippen LogP contribution in [0.3, 0.4) is 0 Å². The zero-order valence-electron chi connectivity index (χ0n) is 13.9. The molecule has 0 saturated carbocycles. The molecule has 3 aromatic rings. The van der Waals surface area contributed by atoms with Crippen molar-refractivity contribution in [2.75, 3.05) is 0 Å². The Labute approximate surface area is 146 Å². The second kappa shape index (κ2) is 6.93. The van der Waals surface area contributed by atoms with Crippen molar-refractivity contribution >= 4 is 12.0 Å². The van der Waals surface area contributed by atoms with E-state index in [2.05, 4.69) is 17.6 Å². The number of hydrogen-bond acceptors (Lipinski definition) is 3. The molecule has 0 aliphatic heterocycles. The molecule has 5 heteroatoms. The zero-order chi connectivity index (χ0) is 17.8. The first-order valence-corrected chi connectivity index (χ1v) is 7.82. The van der Waals surface area contributed by atoms with Gasteiger partial charge in [-0.2, -0.15) is 5.26 Å². The number of nitriles is 1. The molecule has 25 heavy (non-hydrogen) atoms. The second-order valence-electron chi connectivity index (χ2n) is 5.59. The summed E-state index contributed by atoms with van der Waals surface area (Å²) in [4.78, 5) is 4.41. The first kappa shape index (κ1) is 16.3. The fourth-order valence-corrected chi connectivity index (χ4v) is 2.89. The number of aliphatic hydroxyl groups excluding tert-OH is 1. The Balaban J connectivity index is 2.26. The monoisotopic (exact) mass is 330 g/mol. The summed E-state index contributed by atoms with van der Waals surface area (Å²) in [6, 6.07) is 15.0. The van der Waals surface area contributed by atoms with Crippen molar-refractivity contribution in [1.29, 1.82) is 5.26 Å². The SMILES string of the molecule is C=Cn1cccc1C(/C(C#N)=C(\O)c1ccccc1)c1nccn1C. The normalized spacial score (nSPS) is 13.0. The van der Waals surface area contributed by atoms with E-state index in [4.69, 9.17) is 0 Å². The molecule has 0 amide bonds. The highest BCUT2D eigenvalue weighted by Gasteiger charge is 2.28. The number of rotatable bonds is 5. The number of benzene rings is 1. The van der Waals surface area contributed by atoms with Gasteiger partial charge < -0.3 is 14.2 Å². The van der Waals surface area contributed by atoms with Crippen LogP contribution in [-0.2, 0) is 7.05 Å². The van der Waals surface area contributed by atoms with Crippen molar-refractivity contribution in [3.05, 3.63) is 90.3 Å². The van der Waals surface area contributed by atoms with E-state index in [0.29, 0.717) is 11.4 Å². The Morgan fingerprint density at radius 2 is 2.00 bits per heavy atom. The fourth-order valence-electron chi connectivity index (χ4n) is 2.89. The second-order valence-corrected chi connectivity index (χ2v) is 5.59. The maximum absolute atomic E-state index is 10.8. The maximum Gasteiger partial charge on any atom is 0.137 e. The molecule has 1 unspecified atom stereocenters. The van der Waals surface area contributed by atoms with E-state index < -0.39 is 5.92 Å². The quantitative estimate of drug-likeness (QED) is 0.569. The van der Waals surface area contributed by atoms with E-state index in [1.54, 1.807) is 24.5 Å². The molecule has 0 radical (unpaired) electrons. The summed E-state index contributed by atoms with van der Waals surface area (Å²) in [6.07, 6.45) is 7.02. The topological polar surface area (TPSA) is 66.8 Å². The van der Waals surface area contributed by atoms with Crippen LogP contribution in [0.2, 0.25) is 0 Å². The lowest BCUT2D eigenvalue weighted by Gasteiger charge is -2.19. The number of aliphatic hydroxyl groups is 1. The van der Waals surface area contributed by atoms with Crippen LogP contribution >= 0.6 is 0 Å². The number of aromatic nitrogens is 3. The first-order valence-electron chi connectivity index (χ1n) is 7.82. The van der Waals surface area contributed by atoms with Crippen LogP contribution in [0.1, 0.15) is 23.0 Å². The van der Waals surface area contributed by atoms with Crippen molar-refractivity contribution in [3.63, 3.8) is 0 Å². The summed E-state index contributed by atoms with van der Waals surface area (Å²) in [5.41, 5.74) is 1.64. The number of imidazole rings is 1. The number of hydrogen-bond donors (Lipinski definition) is 1. The van der Waals surface area contributed by atoms with Gasteiger partial charge in [0.25, 0.3) is 0 Å². The van der Waals surface area contributed by atoms with Gasteiger partial charge in [0.05, 0.1) is 17.6 Å². The third-order valence-corrected chi connectivity index (χ3v) is 4.13. The van der Waals surface area contributed by atoms with Crippen molar-refractivity contribution in [3.8, 4) is 6.07 Å². The van der Waals surface area contributed by atoms with Gasteiger partial charge in [0, 0.05) is 43.1 Å². The lowest BCUT2D eigenvalue weighted by atomic mass is 9.92. The molecular weight excluding hydrogens is 312 g/mol. The molecule has 0 bridgehead atoms. The van der Waals surface area contributed by atoms with Gasteiger partial charge in [-0.1, -0.05) is 36.9 Å². The van der Waals surface area contributed by atoms with Crippen LogP contribution in [0, 0.1) is 11.3 Å². The molecular formula is C20H18N4O. The van der Waals surface area contributed by atoms with E-state index in [-0.39, 0.29) is 11.3 Å². The highest BCUT2D eigenvalue weighted by atomic mass is 16.3. The van der Waals surface area contributed by atoms with E-state index in [9.17, 15) is 10.4 Å². The fraction of sp³-hybridized carbons (Fsp3) is 0.100. The van der Waals surface area contributed by atoms with Gasteiger partial charge in [0.15, 0.2) is 0 Å². The number of allylic oxidation sites excluding steroid dienone is 1. The van der Waals surface area contributed by atoms with Crippen molar-refractivity contribution in [2.24, 2.45) is 7.05 Å². The Bertz CT molecular complexity index is 957. The van der Waals surface area contributed by atoms with E-state index >= 15 is 0 Å². The smallest absolute Gasteiger partial charge is 0.137 e. The van der Waals surface area contributed by atoms with E-state index in [1.807, 2.05) is 58.9 Å². The van der Waals surface area contributed by atoms with E-state index in [1.165, 1.54) is 0 Å². The summed E-state index contributed by atoms with van der Waals surface area (Å²) in [6.45, 7) is 3.81. The molecule has 0 aliphatic rings. The first-order chi connectivity index (χ1) is 12.2. The van der Waals surface area contributed by atoms with Gasteiger partial charge >= 0.3 is 0 Å². The minimum Gasteiger partial charge on any atom is -0.506 e. The van der Waals surface area contributed by atoms with Gasteiger partial charge in [0.2, 0.25) is 0 Å². The molecule has 124 valence electrons. The van der Waals surface area contributed by atoms with Crippen LogP contribution in [0.4, 0.5) is 0 Å². The Hall–Kier alpha value is -3.52. The van der Waals surface area contributed by atoms with Crippen LogP contribution in [0.5, 0.6) is 0 Å². The number of nitrogens with zero attached hydrogens (tertiary/aromatic N) is 4. The van der Waals surface area contributed by atoms with Crippen LogP contribution < -0.4 is 0 Å². The molecule has 1 aromatic carbocycles. The van der Waals surface area contributed by atoms with Gasteiger partial charge in [-0.05, 0) is 12.1 Å². The summed E-state index contributed by atoms with van der Waals surface area (Å²) < 4.78 is 3.68. The predicted octanol–water partition coefficient (Wildman–Crippen LogP) is 3.95. The largest absolute Gasteiger partial charge is 0.506 e. The highest BCUT2D eigenvalue weighted by molar-refractivity contribution is 5.68. The van der Waals surface area contributed by atoms with Gasteiger partial charge in [-0.15, -0.1) is 0 Å². The molecule has 5 nitrogen and oxygen atoms in total. The highest BCUT2D eigenvalue weighted by Crippen LogP contribution is 2.34. The standard InChI is InChI=1S/C20H18N4O/c1-3-24-12-7-10-17(24)18(20-22-11-13-23(20)2)16(14-21)19(25)15-8-5-4-6-9-15/h3-13,18,25H,1H2,2H3/b19-16-. The van der Waals surface area contributed by atoms with Gasteiger partial charge in [-0.3, -0.25) is 0 Å². The average Bonchev–Trinajstić information content (AvgIpc) is 3.28. The molecule has 1 N–H and O–H groups in total. The Morgan fingerprint density at radius 3 is 2.60 bits per heavy atom. The maximum atomic E-state index is 10.8. The molecule has 0 spiro atoms. The zero-order valence-corrected chi connectivity index (χ0v) is 13.9. The molecule has 0 saturated heterocycles. The van der Waals surface area contributed by atoms with E-state index in [0.717, 1.165) is 5.69 Å². The van der Waals surface area contributed by atoms with Crippen molar-refractivity contribution in [1.82, 2.24) is 14.1 Å². The number of aryl methyl sites for hydroxylation is 1. The van der Waals surface area contributed by atoms with Crippen LogP contribution in [0.15, 0.2) is 73.2 Å². The Kier molecular flexibility index (Phi) is 4.53. The average molecular weight is 330 g/mol. The molecule has 3 rings (SSSR count). The molecule has 2 aromatic heterocycles. The van der Waals surface area contributed by atoms with Crippen LogP contribution in [0.25, 0.3) is 12.0 Å². The summed E-state index contributed by atoms with van der Waals surface area (Å²) in [7, 11) is 1.87. The van der Waals surface area contributed by atoms with Gasteiger partial charge in [0.1, 0.15) is 11.6 Å². The molecule has 0 aliphatic carbocycles. The third kappa shape index (κ3) is 2.98. The molecule has 2 heterocycles. The third-order valence-electron chi connectivity index (χ3n) is 4.13.